The standard InChI is InChI=1S/C11H16FN3/c12-11-7-10(8-14-9-11)1-4-15-5-2-13-3-6-15/h7-9,13H,1-6H2. The van der Waals surface area contributed by atoms with E-state index >= 15 is 0 Å². The van der Waals surface area contributed by atoms with E-state index in [9.17, 15) is 4.39 Å². The predicted octanol–water partition coefficient (Wildman–Crippen LogP) is 0.668. The molecule has 2 heterocycles. The van der Waals surface area contributed by atoms with Crippen LogP contribution in [0.3, 0.4) is 0 Å². The Labute approximate surface area is 89.3 Å². The van der Waals surface area contributed by atoms with E-state index in [-0.39, 0.29) is 5.82 Å². The third-order valence-electron chi connectivity index (χ3n) is 2.69. The molecule has 1 aliphatic heterocycles. The Hall–Kier alpha value is -1.00. The van der Waals surface area contributed by atoms with Crippen LogP contribution in [-0.4, -0.2) is 42.6 Å². The molecular weight excluding hydrogens is 193 g/mol. The number of piperazine rings is 1. The van der Waals surface area contributed by atoms with Gasteiger partial charge in [-0.3, -0.25) is 4.98 Å². The van der Waals surface area contributed by atoms with Crippen molar-refractivity contribution in [2.24, 2.45) is 0 Å². The second-order valence-electron chi connectivity index (χ2n) is 3.85. The number of pyridine rings is 1. The van der Waals surface area contributed by atoms with Crippen molar-refractivity contribution in [3.05, 3.63) is 29.8 Å². The summed E-state index contributed by atoms with van der Waals surface area (Å²) >= 11 is 0. The first kappa shape index (κ1) is 10.5. The molecule has 2 rings (SSSR count). The smallest absolute Gasteiger partial charge is 0.141 e. The number of nitrogens with zero attached hydrogens (tertiary/aromatic N) is 2. The zero-order chi connectivity index (χ0) is 10.5. The maximum absolute atomic E-state index is 12.8. The summed E-state index contributed by atoms with van der Waals surface area (Å²) in [7, 11) is 0. The van der Waals surface area contributed by atoms with Gasteiger partial charge in [-0.15, -0.1) is 0 Å². The minimum Gasteiger partial charge on any atom is -0.314 e. The molecule has 3 nitrogen and oxygen atoms in total. The van der Waals surface area contributed by atoms with Gasteiger partial charge in [0.05, 0.1) is 6.20 Å². The van der Waals surface area contributed by atoms with E-state index in [1.165, 1.54) is 6.20 Å². The fourth-order valence-corrected chi connectivity index (χ4v) is 1.81. The molecule has 0 aliphatic carbocycles. The highest BCUT2D eigenvalue weighted by molar-refractivity contribution is 5.10. The molecule has 1 fully saturated rings. The average Bonchev–Trinajstić information content (AvgIpc) is 2.28. The van der Waals surface area contributed by atoms with Crippen molar-refractivity contribution in [3.8, 4) is 0 Å². The van der Waals surface area contributed by atoms with Crippen molar-refractivity contribution in [1.29, 1.82) is 0 Å². The Morgan fingerprint density at radius 3 is 2.87 bits per heavy atom. The lowest BCUT2D eigenvalue weighted by Crippen LogP contribution is -2.44. The lowest BCUT2D eigenvalue weighted by Gasteiger charge is -2.26. The van der Waals surface area contributed by atoms with Gasteiger partial charge in [-0.1, -0.05) is 0 Å². The second-order valence-corrected chi connectivity index (χ2v) is 3.85. The largest absolute Gasteiger partial charge is 0.314 e. The van der Waals surface area contributed by atoms with Gasteiger partial charge < -0.3 is 10.2 Å². The zero-order valence-corrected chi connectivity index (χ0v) is 8.75. The lowest BCUT2D eigenvalue weighted by molar-refractivity contribution is 0.244. The molecule has 0 unspecified atom stereocenters. The molecule has 4 heteroatoms. The summed E-state index contributed by atoms with van der Waals surface area (Å²) in [6, 6.07) is 1.56. The van der Waals surface area contributed by atoms with E-state index in [0.717, 1.165) is 44.7 Å². The van der Waals surface area contributed by atoms with Crippen LogP contribution < -0.4 is 5.32 Å². The number of hydrogen-bond donors (Lipinski definition) is 1. The summed E-state index contributed by atoms with van der Waals surface area (Å²) in [6.07, 6.45) is 3.87. The fourth-order valence-electron chi connectivity index (χ4n) is 1.81. The number of hydrogen-bond acceptors (Lipinski definition) is 3. The molecule has 1 N–H and O–H groups in total. The highest BCUT2D eigenvalue weighted by Crippen LogP contribution is 2.03. The SMILES string of the molecule is Fc1cncc(CCN2CCNCC2)c1. The molecule has 0 radical (unpaired) electrons. The van der Waals surface area contributed by atoms with Crippen LogP contribution in [0.25, 0.3) is 0 Å². The van der Waals surface area contributed by atoms with Gasteiger partial charge in [0.1, 0.15) is 5.82 Å². The van der Waals surface area contributed by atoms with Crippen LogP contribution in [0.1, 0.15) is 5.56 Å². The molecule has 1 aliphatic rings. The van der Waals surface area contributed by atoms with Crippen LogP contribution in [-0.2, 0) is 6.42 Å². The van der Waals surface area contributed by atoms with Gasteiger partial charge in [0.2, 0.25) is 0 Å². The maximum atomic E-state index is 12.8. The molecule has 82 valence electrons. The van der Waals surface area contributed by atoms with Gasteiger partial charge in [0, 0.05) is 38.9 Å². The molecule has 15 heavy (non-hydrogen) atoms. The van der Waals surface area contributed by atoms with E-state index in [2.05, 4.69) is 15.2 Å². The monoisotopic (exact) mass is 209 g/mol. The Morgan fingerprint density at radius 1 is 1.33 bits per heavy atom. The predicted molar refractivity (Wildman–Crippen MR) is 57.2 cm³/mol. The van der Waals surface area contributed by atoms with Crippen LogP contribution >= 0.6 is 0 Å². The second kappa shape index (κ2) is 5.19. The molecule has 0 aromatic carbocycles. The average molecular weight is 209 g/mol. The van der Waals surface area contributed by atoms with Crippen molar-refractivity contribution in [2.75, 3.05) is 32.7 Å². The maximum Gasteiger partial charge on any atom is 0.141 e. The van der Waals surface area contributed by atoms with Crippen molar-refractivity contribution in [3.63, 3.8) is 0 Å². The topological polar surface area (TPSA) is 28.2 Å². The van der Waals surface area contributed by atoms with Crippen molar-refractivity contribution >= 4 is 0 Å². The van der Waals surface area contributed by atoms with Crippen LogP contribution in [0, 0.1) is 5.82 Å². The van der Waals surface area contributed by atoms with Crippen LogP contribution in [0.15, 0.2) is 18.5 Å². The zero-order valence-electron chi connectivity index (χ0n) is 8.75. The summed E-state index contributed by atoms with van der Waals surface area (Å²) in [5.41, 5.74) is 0.980. The molecule has 1 aromatic rings. The van der Waals surface area contributed by atoms with E-state index < -0.39 is 0 Å². The minimum absolute atomic E-state index is 0.243. The highest BCUT2D eigenvalue weighted by Gasteiger charge is 2.08. The Morgan fingerprint density at radius 2 is 2.13 bits per heavy atom. The summed E-state index contributed by atoms with van der Waals surface area (Å²) < 4.78 is 12.8. The molecule has 1 aromatic heterocycles. The van der Waals surface area contributed by atoms with Gasteiger partial charge in [-0.25, -0.2) is 4.39 Å². The van der Waals surface area contributed by atoms with E-state index in [0.29, 0.717) is 0 Å². The van der Waals surface area contributed by atoms with Gasteiger partial charge in [0.25, 0.3) is 0 Å². The summed E-state index contributed by atoms with van der Waals surface area (Å²) in [4.78, 5) is 6.23. The minimum atomic E-state index is -0.243. The summed E-state index contributed by atoms with van der Waals surface area (Å²) in [5.74, 6) is -0.243. The third kappa shape index (κ3) is 3.25. The normalized spacial score (nSPS) is 17.9. The fraction of sp³-hybridized carbons (Fsp3) is 0.545. The van der Waals surface area contributed by atoms with Crippen LogP contribution in [0.4, 0.5) is 4.39 Å². The van der Waals surface area contributed by atoms with Crippen molar-refractivity contribution in [1.82, 2.24) is 15.2 Å². The van der Waals surface area contributed by atoms with Crippen LogP contribution in [0.5, 0.6) is 0 Å². The Kier molecular flexibility index (Phi) is 3.64. The van der Waals surface area contributed by atoms with Gasteiger partial charge in [-0.05, 0) is 18.1 Å². The highest BCUT2D eigenvalue weighted by atomic mass is 19.1. The molecule has 0 bridgehead atoms. The lowest BCUT2D eigenvalue weighted by atomic mass is 10.2. The molecule has 0 amide bonds. The first-order valence-electron chi connectivity index (χ1n) is 5.37. The van der Waals surface area contributed by atoms with Gasteiger partial charge >= 0.3 is 0 Å². The molecular formula is C11H16FN3. The third-order valence-corrected chi connectivity index (χ3v) is 2.69. The van der Waals surface area contributed by atoms with Gasteiger partial charge in [0.15, 0.2) is 0 Å². The number of nitrogens with one attached hydrogen (secondary N) is 1. The van der Waals surface area contributed by atoms with Gasteiger partial charge in [-0.2, -0.15) is 0 Å². The molecule has 0 spiro atoms. The number of aromatic nitrogens is 1. The molecule has 0 saturated carbocycles. The van der Waals surface area contributed by atoms with Crippen LogP contribution in [0.2, 0.25) is 0 Å². The Bertz CT molecular complexity index is 310. The Balaban J connectivity index is 1.81. The molecule has 0 atom stereocenters. The summed E-state index contributed by atoms with van der Waals surface area (Å²) in [5, 5.41) is 3.31. The molecule has 1 saturated heterocycles. The number of rotatable bonds is 3. The first-order valence-corrected chi connectivity index (χ1v) is 5.37. The van der Waals surface area contributed by atoms with Crippen molar-refractivity contribution < 1.29 is 4.39 Å². The number of halogens is 1. The summed E-state index contributed by atoms with van der Waals surface area (Å²) in [6.45, 7) is 5.28. The van der Waals surface area contributed by atoms with E-state index in [1.54, 1.807) is 12.3 Å². The van der Waals surface area contributed by atoms with E-state index in [4.69, 9.17) is 0 Å². The first-order chi connectivity index (χ1) is 7.34. The van der Waals surface area contributed by atoms with Crippen molar-refractivity contribution in [2.45, 2.75) is 6.42 Å². The van der Waals surface area contributed by atoms with E-state index in [1.807, 2.05) is 0 Å². The quantitative estimate of drug-likeness (QED) is 0.793.